The van der Waals surface area contributed by atoms with Crippen LogP contribution in [0.2, 0.25) is 0 Å². The number of carbonyl (C=O) groups excluding carboxylic acids is 1. The Morgan fingerprint density at radius 3 is 2.61 bits per heavy atom. The number of hydrogen-bond donors (Lipinski definition) is 1. The van der Waals surface area contributed by atoms with Crippen LogP contribution in [0.5, 0.6) is 0 Å². The number of nitrogens with one attached hydrogen (secondary N) is 1. The lowest BCUT2D eigenvalue weighted by Gasteiger charge is -2.21. The Bertz CT molecular complexity index is 591. The van der Waals surface area contributed by atoms with E-state index >= 15 is 0 Å². The van der Waals surface area contributed by atoms with Gasteiger partial charge >= 0.3 is 0 Å². The van der Waals surface area contributed by atoms with E-state index in [0.29, 0.717) is 24.3 Å². The minimum Gasteiger partial charge on any atom is -0.366 e. The molecule has 23 heavy (non-hydrogen) atoms. The summed E-state index contributed by atoms with van der Waals surface area (Å²) in [6.45, 7) is 4.67. The van der Waals surface area contributed by atoms with Crippen molar-refractivity contribution in [2.45, 2.75) is 19.3 Å². The first-order valence-corrected chi connectivity index (χ1v) is 8.20. The van der Waals surface area contributed by atoms with Crippen molar-refractivity contribution in [1.82, 2.24) is 10.2 Å². The molecule has 1 aromatic rings. The van der Waals surface area contributed by atoms with Crippen LogP contribution >= 0.6 is 0 Å². The summed E-state index contributed by atoms with van der Waals surface area (Å²) in [5.41, 5.74) is 1.06. The van der Waals surface area contributed by atoms with E-state index < -0.39 is 0 Å². The van der Waals surface area contributed by atoms with Gasteiger partial charge in [0.2, 0.25) is 0 Å². The Morgan fingerprint density at radius 2 is 1.87 bits per heavy atom. The van der Waals surface area contributed by atoms with Crippen LogP contribution < -0.4 is 10.2 Å². The van der Waals surface area contributed by atoms with Crippen molar-refractivity contribution >= 4 is 17.3 Å². The number of hydrogen-bond acceptors (Lipinski definition) is 5. The van der Waals surface area contributed by atoms with Crippen LogP contribution in [0.3, 0.4) is 0 Å². The highest BCUT2D eigenvalue weighted by Crippen LogP contribution is 2.32. The van der Waals surface area contributed by atoms with Gasteiger partial charge in [0.1, 0.15) is 5.69 Å². The van der Waals surface area contributed by atoms with E-state index in [1.54, 1.807) is 17.0 Å². The number of nitro groups is 1. The summed E-state index contributed by atoms with van der Waals surface area (Å²) in [6.07, 6.45) is 3.01. The fraction of sp³-hybridized carbons (Fsp3) is 0.562. The molecule has 1 amide bonds. The van der Waals surface area contributed by atoms with Crippen molar-refractivity contribution in [2.24, 2.45) is 0 Å². The highest BCUT2D eigenvalue weighted by molar-refractivity contribution is 5.95. The van der Waals surface area contributed by atoms with Gasteiger partial charge in [-0.3, -0.25) is 14.9 Å². The Hall–Kier alpha value is -2.15. The maximum Gasteiger partial charge on any atom is 0.293 e. The lowest BCUT2D eigenvalue weighted by atomic mass is 10.1. The van der Waals surface area contributed by atoms with E-state index in [-0.39, 0.29) is 16.5 Å². The topological polar surface area (TPSA) is 78.7 Å². The van der Waals surface area contributed by atoms with Crippen LogP contribution in [-0.2, 0) is 0 Å². The molecular weight excluding hydrogens is 296 g/mol. The molecule has 2 saturated heterocycles. The minimum absolute atomic E-state index is 0.0331. The second-order valence-corrected chi connectivity index (χ2v) is 6.05. The summed E-state index contributed by atoms with van der Waals surface area (Å²) in [5, 5.41) is 14.7. The first-order valence-electron chi connectivity index (χ1n) is 8.20. The van der Waals surface area contributed by atoms with Gasteiger partial charge in [0, 0.05) is 44.4 Å². The largest absolute Gasteiger partial charge is 0.366 e. The minimum atomic E-state index is -0.381. The Morgan fingerprint density at radius 1 is 1.09 bits per heavy atom. The molecule has 0 atom stereocenters. The molecule has 124 valence electrons. The van der Waals surface area contributed by atoms with Crippen molar-refractivity contribution in [2.75, 3.05) is 44.2 Å². The molecule has 0 unspecified atom stereocenters. The zero-order valence-electron chi connectivity index (χ0n) is 13.2. The maximum atomic E-state index is 12.6. The van der Waals surface area contributed by atoms with Gasteiger partial charge in [-0.1, -0.05) is 0 Å². The Labute approximate surface area is 135 Å². The third-order valence-corrected chi connectivity index (χ3v) is 4.49. The van der Waals surface area contributed by atoms with Crippen molar-refractivity contribution in [1.29, 1.82) is 0 Å². The highest BCUT2D eigenvalue weighted by Gasteiger charge is 2.25. The van der Waals surface area contributed by atoms with Gasteiger partial charge < -0.3 is 15.1 Å². The fourth-order valence-electron chi connectivity index (χ4n) is 3.26. The molecule has 2 aliphatic heterocycles. The van der Waals surface area contributed by atoms with Crippen LogP contribution in [0, 0.1) is 10.1 Å². The van der Waals surface area contributed by atoms with Crippen LogP contribution in [0.1, 0.15) is 29.6 Å². The maximum absolute atomic E-state index is 12.6. The number of nitrogens with zero attached hydrogens (tertiary/aromatic N) is 3. The molecule has 1 aromatic carbocycles. The molecule has 3 rings (SSSR count). The van der Waals surface area contributed by atoms with Crippen molar-refractivity contribution in [3.05, 3.63) is 33.9 Å². The molecule has 0 saturated carbocycles. The average molecular weight is 318 g/mol. The Kier molecular flexibility index (Phi) is 4.76. The fourth-order valence-corrected chi connectivity index (χ4v) is 3.26. The van der Waals surface area contributed by atoms with Gasteiger partial charge in [0.15, 0.2) is 0 Å². The van der Waals surface area contributed by atoms with Crippen LogP contribution in [0.4, 0.5) is 11.4 Å². The zero-order chi connectivity index (χ0) is 16.2. The average Bonchev–Trinajstić information content (AvgIpc) is 2.96. The van der Waals surface area contributed by atoms with Gasteiger partial charge in [-0.2, -0.15) is 0 Å². The summed E-state index contributed by atoms with van der Waals surface area (Å²) in [6, 6.07) is 4.89. The van der Waals surface area contributed by atoms with Crippen molar-refractivity contribution in [3.8, 4) is 0 Å². The van der Waals surface area contributed by atoms with E-state index in [1.807, 2.05) is 4.90 Å². The van der Waals surface area contributed by atoms with Gasteiger partial charge in [-0.25, -0.2) is 0 Å². The predicted octanol–water partition coefficient (Wildman–Crippen LogP) is 1.63. The third-order valence-electron chi connectivity index (χ3n) is 4.49. The third kappa shape index (κ3) is 3.44. The van der Waals surface area contributed by atoms with Gasteiger partial charge in [0.05, 0.1) is 4.92 Å². The van der Waals surface area contributed by atoms with Gasteiger partial charge in [-0.15, -0.1) is 0 Å². The van der Waals surface area contributed by atoms with E-state index in [2.05, 4.69) is 5.32 Å². The number of anilines is 1. The predicted molar refractivity (Wildman–Crippen MR) is 87.9 cm³/mol. The number of nitro benzene ring substituents is 1. The smallest absolute Gasteiger partial charge is 0.293 e. The molecule has 7 nitrogen and oxygen atoms in total. The van der Waals surface area contributed by atoms with Gasteiger partial charge in [0.25, 0.3) is 11.6 Å². The number of carbonyl (C=O) groups is 1. The van der Waals surface area contributed by atoms with Crippen molar-refractivity contribution < 1.29 is 9.72 Å². The lowest BCUT2D eigenvalue weighted by Crippen LogP contribution is -2.34. The van der Waals surface area contributed by atoms with Crippen LogP contribution in [-0.4, -0.2) is 55.0 Å². The highest BCUT2D eigenvalue weighted by atomic mass is 16.6. The quantitative estimate of drug-likeness (QED) is 0.677. The summed E-state index contributed by atoms with van der Waals surface area (Å²) >= 11 is 0. The molecule has 2 heterocycles. The first-order chi connectivity index (χ1) is 11.2. The van der Waals surface area contributed by atoms with Crippen LogP contribution in [0.15, 0.2) is 18.2 Å². The monoisotopic (exact) mass is 318 g/mol. The second-order valence-electron chi connectivity index (χ2n) is 6.05. The molecule has 0 aromatic heterocycles. The summed E-state index contributed by atoms with van der Waals surface area (Å²) < 4.78 is 0. The van der Waals surface area contributed by atoms with Crippen LogP contribution in [0.25, 0.3) is 0 Å². The molecular formula is C16H22N4O3. The lowest BCUT2D eigenvalue weighted by molar-refractivity contribution is -0.384. The molecule has 7 heteroatoms. The molecule has 0 bridgehead atoms. The van der Waals surface area contributed by atoms with E-state index in [0.717, 1.165) is 45.4 Å². The number of amides is 1. The SMILES string of the molecule is O=C(c1ccc(N2CCCC2)c([N+](=O)[O-])c1)N1CCCNCC1. The van der Waals surface area contributed by atoms with E-state index in [9.17, 15) is 14.9 Å². The Balaban J connectivity index is 1.86. The zero-order valence-corrected chi connectivity index (χ0v) is 13.2. The molecule has 1 N–H and O–H groups in total. The van der Waals surface area contributed by atoms with Crippen molar-refractivity contribution in [3.63, 3.8) is 0 Å². The molecule has 0 spiro atoms. The summed E-state index contributed by atoms with van der Waals surface area (Å²) in [4.78, 5) is 27.5. The molecule has 0 aliphatic carbocycles. The number of benzene rings is 1. The summed E-state index contributed by atoms with van der Waals surface area (Å²) in [7, 11) is 0. The summed E-state index contributed by atoms with van der Waals surface area (Å²) in [5.74, 6) is -0.121. The standard InChI is InChI=1S/C16H22N4O3/c21-16(19-10-3-6-17-7-11-19)13-4-5-14(15(12-13)20(22)23)18-8-1-2-9-18/h4-5,12,17H,1-3,6-11H2. The molecule has 2 aliphatic rings. The van der Waals surface area contributed by atoms with Gasteiger partial charge in [-0.05, 0) is 37.9 Å². The first kappa shape index (κ1) is 15.7. The second kappa shape index (κ2) is 6.95. The van der Waals surface area contributed by atoms with E-state index in [1.165, 1.54) is 6.07 Å². The van der Waals surface area contributed by atoms with E-state index in [4.69, 9.17) is 0 Å². The normalized spacial score (nSPS) is 18.8. The number of rotatable bonds is 3. The molecule has 2 fully saturated rings. The molecule has 0 radical (unpaired) electrons.